The van der Waals surface area contributed by atoms with Crippen LogP contribution in [0.2, 0.25) is 12.1 Å². The topological polar surface area (TPSA) is 20.2 Å². The molecule has 0 bridgehead atoms. The van der Waals surface area contributed by atoms with Gasteiger partial charge in [0, 0.05) is 26.6 Å². The van der Waals surface area contributed by atoms with Gasteiger partial charge in [0.15, 0.2) is 0 Å². The number of aliphatic hydroxyl groups excluding tert-OH is 1. The smallest absolute Gasteiger partial charge is 0.0477 e. The first-order valence-electron chi connectivity index (χ1n) is 2.49. The third kappa shape index (κ3) is 2.62. The van der Waals surface area contributed by atoms with E-state index in [1.54, 1.807) is 0 Å². The molecule has 3 heteroatoms. The Kier molecular flexibility index (Phi) is 3.81. The Balaban J connectivity index is 2.75. The minimum Gasteiger partial charge on any atom is -0.394 e. The molecule has 0 radical (unpaired) electrons. The largest absolute Gasteiger partial charge is 0.394 e. The van der Waals surface area contributed by atoms with Crippen molar-refractivity contribution in [3.8, 4) is 0 Å². The van der Waals surface area contributed by atoms with E-state index in [0.29, 0.717) is 0 Å². The van der Waals surface area contributed by atoms with Gasteiger partial charge < -0.3 is 5.11 Å². The molecule has 0 aromatic rings. The fourth-order valence-corrected chi connectivity index (χ4v) is 2.60. The van der Waals surface area contributed by atoms with E-state index in [9.17, 15) is 0 Å². The average molecular weight is 120 g/mol. The lowest BCUT2D eigenvalue weighted by molar-refractivity contribution is 0.216. The van der Waals surface area contributed by atoms with Crippen LogP contribution in [0.4, 0.5) is 0 Å². The molecule has 0 aliphatic heterocycles. The van der Waals surface area contributed by atoms with E-state index >= 15 is 0 Å². The Morgan fingerprint density at radius 2 is 1.67 bits per heavy atom. The van der Waals surface area contributed by atoms with Gasteiger partial charge in [0.1, 0.15) is 0 Å². The van der Waals surface area contributed by atoms with E-state index in [2.05, 4.69) is 0 Å². The Labute approximate surface area is 44.6 Å². The Hall–Kier alpha value is 0.394. The molecule has 0 fully saturated rings. The van der Waals surface area contributed by atoms with Crippen LogP contribution in [0.1, 0.15) is 0 Å². The highest BCUT2D eigenvalue weighted by atomic mass is 28.1. The second kappa shape index (κ2) is 3.58. The summed E-state index contributed by atoms with van der Waals surface area (Å²) in [7, 11) is 2.31. The number of hydrogen-bond donors (Lipinski definition) is 1. The van der Waals surface area contributed by atoms with Crippen molar-refractivity contribution in [2.75, 3.05) is 0 Å². The summed E-state index contributed by atoms with van der Waals surface area (Å²) < 4.78 is 0. The molecule has 0 saturated carbocycles. The molecule has 0 aromatic carbocycles. The maximum absolute atomic E-state index is 8.74. The summed E-state index contributed by atoms with van der Waals surface area (Å²) in [6.45, 7) is 0. The van der Waals surface area contributed by atoms with Gasteiger partial charge in [-0.2, -0.15) is 0 Å². The Morgan fingerprint density at radius 1 is 1.33 bits per heavy atom. The van der Waals surface area contributed by atoms with E-state index in [0.717, 1.165) is 32.6 Å². The SMILES string of the molecule is OC(C[SiH3])C[SiH3]. The van der Waals surface area contributed by atoms with E-state index < -0.39 is 0 Å². The first-order valence-corrected chi connectivity index (χ1v) is 5.32. The van der Waals surface area contributed by atoms with Crippen LogP contribution in [0, 0.1) is 0 Å². The second-order valence-electron chi connectivity index (χ2n) is 1.47. The average Bonchev–Trinajstić information content (AvgIpc) is 1.65. The van der Waals surface area contributed by atoms with Crippen LogP contribution in [-0.4, -0.2) is 31.7 Å². The van der Waals surface area contributed by atoms with E-state index in [4.69, 9.17) is 5.11 Å². The molecule has 6 heavy (non-hydrogen) atoms. The maximum atomic E-state index is 8.74. The maximum Gasteiger partial charge on any atom is 0.0477 e. The highest BCUT2D eigenvalue weighted by molar-refractivity contribution is 6.11. The van der Waals surface area contributed by atoms with Gasteiger partial charge in [-0.3, -0.25) is 0 Å². The molecule has 0 aliphatic rings. The molecule has 0 atom stereocenters. The number of rotatable bonds is 2. The first kappa shape index (κ1) is 6.39. The van der Waals surface area contributed by atoms with Gasteiger partial charge in [-0.25, -0.2) is 0 Å². The van der Waals surface area contributed by atoms with Crippen molar-refractivity contribution in [2.45, 2.75) is 18.2 Å². The summed E-state index contributed by atoms with van der Waals surface area (Å²) in [6, 6.07) is 2.12. The van der Waals surface area contributed by atoms with Gasteiger partial charge in [0.25, 0.3) is 0 Å². The molecular weight excluding hydrogens is 108 g/mol. The quantitative estimate of drug-likeness (QED) is 0.415. The zero-order valence-electron chi connectivity index (χ0n) is 4.44. The summed E-state index contributed by atoms with van der Waals surface area (Å²) in [6.07, 6.45) is 0.0586. The molecule has 0 saturated heterocycles. The van der Waals surface area contributed by atoms with E-state index in [1.165, 1.54) is 0 Å². The highest BCUT2D eigenvalue weighted by Gasteiger charge is 1.90. The lowest BCUT2D eigenvalue weighted by Crippen LogP contribution is -2.02. The lowest BCUT2D eigenvalue weighted by Gasteiger charge is -1.98. The predicted molar refractivity (Wildman–Crippen MR) is 35.5 cm³/mol. The van der Waals surface area contributed by atoms with Crippen molar-refractivity contribution < 1.29 is 5.11 Å². The van der Waals surface area contributed by atoms with Crippen LogP contribution in [0.25, 0.3) is 0 Å². The summed E-state index contributed by atoms with van der Waals surface area (Å²) in [5.41, 5.74) is 0. The molecule has 0 amide bonds. The van der Waals surface area contributed by atoms with Crippen molar-refractivity contribution in [2.24, 2.45) is 0 Å². The van der Waals surface area contributed by atoms with Crippen molar-refractivity contribution in [3.63, 3.8) is 0 Å². The number of aliphatic hydroxyl groups is 1. The van der Waals surface area contributed by atoms with Crippen LogP contribution in [0.3, 0.4) is 0 Å². The summed E-state index contributed by atoms with van der Waals surface area (Å²) in [5, 5.41) is 8.74. The molecular formula is C3H12OSi2. The summed E-state index contributed by atoms with van der Waals surface area (Å²) >= 11 is 0. The van der Waals surface area contributed by atoms with Crippen LogP contribution >= 0.6 is 0 Å². The predicted octanol–water partition coefficient (Wildman–Crippen LogP) is -2.09. The van der Waals surface area contributed by atoms with Crippen molar-refractivity contribution in [1.82, 2.24) is 0 Å². The normalized spacial score (nSPS) is 15.5. The molecule has 1 nitrogen and oxygen atoms in total. The van der Waals surface area contributed by atoms with Gasteiger partial charge in [-0.05, 0) is 12.1 Å². The van der Waals surface area contributed by atoms with Crippen molar-refractivity contribution >= 4 is 20.5 Å². The van der Waals surface area contributed by atoms with E-state index in [1.807, 2.05) is 0 Å². The molecule has 0 aromatic heterocycles. The van der Waals surface area contributed by atoms with Gasteiger partial charge in [0.2, 0.25) is 0 Å². The fourth-order valence-electron chi connectivity index (χ4n) is 0.289. The lowest BCUT2D eigenvalue weighted by atomic mass is 10.5. The number of hydrogen-bond acceptors (Lipinski definition) is 1. The van der Waals surface area contributed by atoms with Crippen molar-refractivity contribution in [3.05, 3.63) is 0 Å². The van der Waals surface area contributed by atoms with Gasteiger partial charge in [-0.1, -0.05) is 0 Å². The molecule has 0 heterocycles. The second-order valence-corrected chi connectivity index (χ2v) is 3.10. The van der Waals surface area contributed by atoms with Crippen molar-refractivity contribution in [1.29, 1.82) is 0 Å². The first-order chi connectivity index (χ1) is 2.81. The molecule has 38 valence electrons. The van der Waals surface area contributed by atoms with Crippen LogP contribution < -0.4 is 0 Å². The van der Waals surface area contributed by atoms with Crippen LogP contribution in [0.15, 0.2) is 0 Å². The third-order valence-corrected chi connectivity index (χ3v) is 2.83. The van der Waals surface area contributed by atoms with Gasteiger partial charge in [-0.15, -0.1) is 0 Å². The third-order valence-electron chi connectivity index (χ3n) is 0.942. The van der Waals surface area contributed by atoms with E-state index in [-0.39, 0.29) is 6.10 Å². The minimum atomic E-state index is 0.0586. The molecule has 0 aliphatic carbocycles. The van der Waals surface area contributed by atoms with Crippen LogP contribution in [0.5, 0.6) is 0 Å². The highest BCUT2D eigenvalue weighted by Crippen LogP contribution is 1.89. The minimum absolute atomic E-state index is 0.0586. The van der Waals surface area contributed by atoms with Gasteiger partial charge in [0.05, 0.1) is 0 Å². The molecule has 0 unspecified atom stereocenters. The standard InChI is InChI=1S/C3H12OSi2/c4-3(1-5)2-6/h3-4H,1-2H2,5-6H3. The zero-order chi connectivity index (χ0) is 4.99. The molecule has 1 N–H and O–H groups in total. The summed E-state index contributed by atoms with van der Waals surface area (Å²) in [5.74, 6) is 0. The monoisotopic (exact) mass is 120 g/mol. The summed E-state index contributed by atoms with van der Waals surface area (Å²) in [4.78, 5) is 0. The Bertz CT molecular complexity index is 28.0. The molecule has 0 spiro atoms. The van der Waals surface area contributed by atoms with Crippen LogP contribution in [-0.2, 0) is 0 Å². The molecule has 0 rings (SSSR count). The fraction of sp³-hybridized carbons (Fsp3) is 1.00. The zero-order valence-corrected chi connectivity index (χ0v) is 8.44. The Morgan fingerprint density at radius 3 is 1.67 bits per heavy atom. The van der Waals surface area contributed by atoms with Gasteiger partial charge >= 0.3 is 0 Å².